The Morgan fingerprint density at radius 2 is 2.13 bits per heavy atom. The van der Waals surface area contributed by atoms with E-state index >= 15 is 0 Å². The Hall–Kier alpha value is -0.120. The summed E-state index contributed by atoms with van der Waals surface area (Å²) in [5.41, 5.74) is 0. The average Bonchev–Trinajstić information content (AvgIpc) is 2.28. The predicted molar refractivity (Wildman–Crippen MR) is 64.2 cm³/mol. The molecule has 1 N–H and O–H groups in total. The Labute approximate surface area is 94.2 Å². The molecule has 3 atom stereocenters. The summed E-state index contributed by atoms with van der Waals surface area (Å²) in [5, 5.41) is 3.30. The molecule has 0 aromatic carbocycles. The third-order valence-electron chi connectivity index (χ3n) is 3.64. The molecule has 0 bridgehead atoms. The summed E-state index contributed by atoms with van der Waals surface area (Å²) in [4.78, 5) is 2.40. The van der Waals surface area contributed by atoms with Crippen LogP contribution in [0.5, 0.6) is 0 Å². The van der Waals surface area contributed by atoms with Crippen LogP contribution in [0.4, 0.5) is 0 Å². The molecular formula is C12H26N2O. The van der Waals surface area contributed by atoms with Crippen molar-refractivity contribution in [3.63, 3.8) is 0 Å². The van der Waals surface area contributed by atoms with E-state index in [4.69, 9.17) is 4.74 Å². The van der Waals surface area contributed by atoms with Crippen molar-refractivity contribution in [2.75, 3.05) is 27.2 Å². The second kappa shape index (κ2) is 6.46. The number of nitrogens with one attached hydrogen (secondary N) is 1. The van der Waals surface area contributed by atoms with Gasteiger partial charge in [0, 0.05) is 25.2 Å². The van der Waals surface area contributed by atoms with Crippen molar-refractivity contribution in [1.82, 2.24) is 10.2 Å². The van der Waals surface area contributed by atoms with Crippen LogP contribution in [-0.2, 0) is 4.74 Å². The molecule has 0 radical (unpaired) electrons. The molecular weight excluding hydrogens is 188 g/mol. The van der Waals surface area contributed by atoms with Crippen LogP contribution in [-0.4, -0.2) is 50.3 Å². The lowest BCUT2D eigenvalue weighted by atomic mass is 10.1. The molecule has 0 aromatic heterocycles. The van der Waals surface area contributed by atoms with Gasteiger partial charge in [-0.1, -0.05) is 0 Å². The van der Waals surface area contributed by atoms with Gasteiger partial charge in [0.2, 0.25) is 0 Å². The maximum Gasteiger partial charge on any atom is 0.0702 e. The topological polar surface area (TPSA) is 24.5 Å². The van der Waals surface area contributed by atoms with Crippen LogP contribution in [0.15, 0.2) is 0 Å². The van der Waals surface area contributed by atoms with Crippen LogP contribution in [0.2, 0.25) is 0 Å². The fourth-order valence-corrected chi connectivity index (χ4v) is 2.06. The molecule has 0 aromatic rings. The lowest BCUT2D eigenvalue weighted by Gasteiger charge is -2.33. The Kier molecular flexibility index (Phi) is 5.58. The molecule has 0 saturated carbocycles. The molecule has 3 unspecified atom stereocenters. The zero-order valence-electron chi connectivity index (χ0n) is 10.6. The van der Waals surface area contributed by atoms with Crippen molar-refractivity contribution in [3.8, 4) is 0 Å². The number of ether oxygens (including phenoxy) is 1. The molecule has 3 heteroatoms. The van der Waals surface area contributed by atoms with Gasteiger partial charge in [-0.2, -0.15) is 0 Å². The second-order valence-corrected chi connectivity index (χ2v) is 4.75. The molecule has 1 saturated heterocycles. The number of rotatable bonds is 5. The minimum atomic E-state index is 0.454. The van der Waals surface area contributed by atoms with Crippen molar-refractivity contribution >= 4 is 0 Å². The van der Waals surface area contributed by atoms with Gasteiger partial charge in [-0.25, -0.2) is 0 Å². The van der Waals surface area contributed by atoms with E-state index in [0.29, 0.717) is 18.2 Å². The highest BCUT2D eigenvalue weighted by atomic mass is 16.5. The molecule has 1 aliphatic heterocycles. The summed E-state index contributed by atoms with van der Waals surface area (Å²) in [5.74, 6) is 0. The van der Waals surface area contributed by atoms with Crippen LogP contribution in [0.3, 0.4) is 0 Å². The summed E-state index contributed by atoms with van der Waals surface area (Å²) in [6.45, 7) is 6.51. The van der Waals surface area contributed by atoms with Crippen LogP contribution in [0.25, 0.3) is 0 Å². The normalized spacial score (nSPS) is 26.6. The maximum atomic E-state index is 5.75. The van der Waals surface area contributed by atoms with Crippen LogP contribution < -0.4 is 5.32 Å². The lowest BCUT2D eigenvalue weighted by molar-refractivity contribution is -0.00890. The van der Waals surface area contributed by atoms with Crippen molar-refractivity contribution in [3.05, 3.63) is 0 Å². The van der Waals surface area contributed by atoms with E-state index in [2.05, 4.69) is 31.1 Å². The van der Waals surface area contributed by atoms with Gasteiger partial charge in [0.1, 0.15) is 0 Å². The first-order valence-corrected chi connectivity index (χ1v) is 6.14. The lowest BCUT2D eigenvalue weighted by Crippen LogP contribution is -2.47. The van der Waals surface area contributed by atoms with Gasteiger partial charge in [0.15, 0.2) is 0 Å². The minimum Gasteiger partial charge on any atom is -0.377 e. The van der Waals surface area contributed by atoms with E-state index in [9.17, 15) is 0 Å². The van der Waals surface area contributed by atoms with Gasteiger partial charge >= 0.3 is 0 Å². The zero-order valence-corrected chi connectivity index (χ0v) is 10.6. The van der Waals surface area contributed by atoms with E-state index in [1.807, 2.05) is 7.05 Å². The smallest absolute Gasteiger partial charge is 0.0702 e. The molecule has 0 aliphatic carbocycles. The Morgan fingerprint density at radius 1 is 1.40 bits per heavy atom. The highest BCUT2D eigenvalue weighted by molar-refractivity contribution is 4.77. The summed E-state index contributed by atoms with van der Waals surface area (Å²) in [6, 6.07) is 1.08. The van der Waals surface area contributed by atoms with Crippen molar-refractivity contribution in [2.45, 2.75) is 51.3 Å². The standard InChI is InChI=1S/C12H26N2O/c1-10(13-3)11(2)14(4)9-12-7-5-6-8-15-12/h10-13H,5-9H2,1-4H3. The summed E-state index contributed by atoms with van der Waals surface area (Å²) < 4.78 is 5.75. The van der Waals surface area contributed by atoms with Gasteiger partial charge in [-0.05, 0) is 47.2 Å². The highest BCUT2D eigenvalue weighted by Crippen LogP contribution is 2.14. The zero-order chi connectivity index (χ0) is 11.3. The third kappa shape index (κ3) is 4.09. The molecule has 1 aliphatic rings. The highest BCUT2D eigenvalue weighted by Gasteiger charge is 2.20. The molecule has 0 spiro atoms. The van der Waals surface area contributed by atoms with Gasteiger partial charge in [0.25, 0.3) is 0 Å². The quantitative estimate of drug-likeness (QED) is 0.750. The van der Waals surface area contributed by atoms with Gasteiger partial charge < -0.3 is 10.1 Å². The molecule has 3 nitrogen and oxygen atoms in total. The monoisotopic (exact) mass is 214 g/mol. The first kappa shape index (κ1) is 12.9. The summed E-state index contributed by atoms with van der Waals surface area (Å²) in [7, 11) is 4.21. The number of hydrogen-bond donors (Lipinski definition) is 1. The van der Waals surface area contributed by atoms with Crippen LogP contribution in [0.1, 0.15) is 33.1 Å². The SMILES string of the molecule is CNC(C)C(C)N(C)CC1CCCCO1. The van der Waals surface area contributed by atoms with Gasteiger partial charge in [-0.15, -0.1) is 0 Å². The summed E-state index contributed by atoms with van der Waals surface area (Å²) in [6.07, 6.45) is 4.25. The predicted octanol–water partition coefficient (Wildman–Crippen LogP) is 1.48. The largest absolute Gasteiger partial charge is 0.377 e. The first-order valence-electron chi connectivity index (χ1n) is 6.14. The molecule has 90 valence electrons. The van der Waals surface area contributed by atoms with Crippen molar-refractivity contribution < 1.29 is 4.74 Å². The fourth-order valence-electron chi connectivity index (χ4n) is 2.06. The van der Waals surface area contributed by atoms with E-state index in [1.54, 1.807) is 0 Å². The minimum absolute atomic E-state index is 0.454. The average molecular weight is 214 g/mol. The summed E-state index contributed by atoms with van der Waals surface area (Å²) >= 11 is 0. The number of hydrogen-bond acceptors (Lipinski definition) is 3. The molecule has 15 heavy (non-hydrogen) atoms. The van der Waals surface area contributed by atoms with Crippen LogP contribution in [0, 0.1) is 0 Å². The molecule has 1 heterocycles. The first-order chi connectivity index (χ1) is 7.15. The van der Waals surface area contributed by atoms with Crippen molar-refractivity contribution in [1.29, 1.82) is 0 Å². The van der Waals surface area contributed by atoms with E-state index in [-0.39, 0.29) is 0 Å². The number of likely N-dealkylation sites (N-methyl/N-ethyl adjacent to an activating group) is 2. The van der Waals surface area contributed by atoms with Gasteiger partial charge in [-0.3, -0.25) is 4.90 Å². The van der Waals surface area contributed by atoms with E-state index < -0.39 is 0 Å². The fraction of sp³-hybridized carbons (Fsp3) is 1.00. The van der Waals surface area contributed by atoms with Gasteiger partial charge in [0.05, 0.1) is 6.10 Å². The number of nitrogens with zero attached hydrogens (tertiary/aromatic N) is 1. The van der Waals surface area contributed by atoms with Crippen LogP contribution >= 0.6 is 0 Å². The Balaban J connectivity index is 2.29. The molecule has 1 rings (SSSR count). The third-order valence-corrected chi connectivity index (χ3v) is 3.64. The van der Waals surface area contributed by atoms with Crippen molar-refractivity contribution in [2.24, 2.45) is 0 Å². The Morgan fingerprint density at radius 3 is 2.67 bits per heavy atom. The molecule has 1 fully saturated rings. The molecule has 0 amide bonds. The van der Waals surface area contributed by atoms with E-state index in [1.165, 1.54) is 19.3 Å². The maximum absolute atomic E-state index is 5.75. The second-order valence-electron chi connectivity index (χ2n) is 4.75. The Bertz CT molecular complexity index is 169. The van der Waals surface area contributed by atoms with E-state index in [0.717, 1.165) is 13.2 Å².